The molecule has 0 unspecified atom stereocenters. The highest BCUT2D eigenvalue weighted by Crippen LogP contribution is 2.38. The van der Waals surface area contributed by atoms with Gasteiger partial charge in [0, 0.05) is 12.2 Å². The summed E-state index contributed by atoms with van der Waals surface area (Å²) < 4.78 is 36.6. The van der Waals surface area contributed by atoms with Gasteiger partial charge in [-0.2, -0.15) is 0 Å². The van der Waals surface area contributed by atoms with Gasteiger partial charge in [-0.25, -0.2) is 8.42 Å². The molecule has 0 saturated heterocycles. The van der Waals surface area contributed by atoms with Gasteiger partial charge in [-0.1, -0.05) is 35.6 Å². The van der Waals surface area contributed by atoms with Crippen LogP contribution in [0.3, 0.4) is 0 Å². The Morgan fingerprint density at radius 1 is 1.11 bits per heavy atom. The fraction of sp³-hybridized carbons (Fsp3) is 0.200. The molecule has 8 nitrogen and oxygen atoms in total. The third kappa shape index (κ3) is 4.19. The van der Waals surface area contributed by atoms with Crippen molar-refractivity contribution in [1.82, 2.24) is 4.57 Å². The highest BCUT2D eigenvalue weighted by molar-refractivity contribution is 7.92. The molecular weight excluding hydrogens is 486 g/mol. The molecule has 0 bridgehead atoms. The van der Waals surface area contributed by atoms with Gasteiger partial charge in [0.1, 0.15) is 5.75 Å². The van der Waals surface area contributed by atoms with E-state index in [0.717, 1.165) is 27.1 Å². The van der Waals surface area contributed by atoms with Crippen LogP contribution in [0.4, 0.5) is 11.4 Å². The van der Waals surface area contributed by atoms with Gasteiger partial charge in [0.05, 0.1) is 27.3 Å². The van der Waals surface area contributed by atoms with E-state index in [4.69, 9.17) is 4.74 Å². The molecule has 1 aromatic heterocycles. The predicted octanol–water partition coefficient (Wildman–Crippen LogP) is 3.99. The van der Waals surface area contributed by atoms with E-state index in [1.165, 1.54) is 16.4 Å². The van der Waals surface area contributed by atoms with Gasteiger partial charge < -0.3 is 10.1 Å². The molecule has 0 aliphatic carbocycles. The van der Waals surface area contributed by atoms with E-state index in [0.29, 0.717) is 23.7 Å². The first-order valence-corrected chi connectivity index (χ1v) is 13.3. The smallest absolute Gasteiger partial charge is 0.308 e. The Hall–Kier alpha value is -3.63. The standard InChI is InChI=1S/C25H23N3O5S2/c1-3-27-20-12-10-17(14-23(20)34-25(27)30)26-24(29)22-15-28(19-11-9-16(2)13-21(19)33-22)35(31,32)18-7-5-4-6-8-18/h4-14,22H,3,15H2,1-2H3,(H,26,29)/t22-/m0/s1. The van der Waals surface area contributed by atoms with E-state index < -0.39 is 22.0 Å². The highest BCUT2D eigenvalue weighted by atomic mass is 32.2. The minimum atomic E-state index is -3.92. The number of fused-ring (bicyclic) bond motifs is 2. The van der Waals surface area contributed by atoms with Crippen LogP contribution in [-0.4, -0.2) is 31.5 Å². The van der Waals surface area contributed by atoms with Crippen molar-refractivity contribution in [2.75, 3.05) is 16.2 Å². The van der Waals surface area contributed by atoms with Gasteiger partial charge in [-0.3, -0.25) is 18.5 Å². The quantitative estimate of drug-likeness (QED) is 0.439. The lowest BCUT2D eigenvalue weighted by molar-refractivity contribution is -0.122. The van der Waals surface area contributed by atoms with E-state index in [9.17, 15) is 18.0 Å². The summed E-state index contributed by atoms with van der Waals surface area (Å²) in [6.07, 6.45) is -1.07. The van der Waals surface area contributed by atoms with Gasteiger partial charge in [0.25, 0.3) is 15.9 Å². The number of aryl methyl sites for hydroxylation is 2. The van der Waals surface area contributed by atoms with Gasteiger partial charge in [0.2, 0.25) is 0 Å². The van der Waals surface area contributed by atoms with Crippen LogP contribution in [0.15, 0.2) is 76.4 Å². The van der Waals surface area contributed by atoms with Crippen molar-refractivity contribution < 1.29 is 17.9 Å². The average Bonchev–Trinajstić information content (AvgIpc) is 3.17. The summed E-state index contributed by atoms with van der Waals surface area (Å²) in [5.41, 5.74) is 2.57. The second-order valence-corrected chi connectivity index (χ2v) is 11.1. The summed E-state index contributed by atoms with van der Waals surface area (Å²) >= 11 is 1.11. The van der Waals surface area contributed by atoms with Gasteiger partial charge in [-0.05, 0) is 61.9 Å². The maximum atomic E-state index is 13.5. The Labute approximate surface area is 206 Å². The molecule has 0 saturated carbocycles. The monoisotopic (exact) mass is 509 g/mol. The first-order chi connectivity index (χ1) is 16.8. The van der Waals surface area contributed by atoms with Gasteiger partial charge in [0.15, 0.2) is 6.10 Å². The van der Waals surface area contributed by atoms with Crippen molar-refractivity contribution in [2.24, 2.45) is 0 Å². The molecule has 35 heavy (non-hydrogen) atoms. The van der Waals surface area contributed by atoms with Crippen LogP contribution in [0.1, 0.15) is 12.5 Å². The number of nitrogens with zero attached hydrogens (tertiary/aromatic N) is 2. The number of nitrogens with one attached hydrogen (secondary N) is 1. The lowest BCUT2D eigenvalue weighted by Crippen LogP contribution is -2.48. The predicted molar refractivity (Wildman–Crippen MR) is 137 cm³/mol. The van der Waals surface area contributed by atoms with Crippen LogP contribution >= 0.6 is 11.3 Å². The fourth-order valence-corrected chi connectivity index (χ4v) is 6.60. The van der Waals surface area contributed by atoms with Crippen molar-refractivity contribution in [2.45, 2.75) is 31.4 Å². The van der Waals surface area contributed by atoms with Crippen LogP contribution in [-0.2, 0) is 21.4 Å². The Bertz CT molecular complexity index is 1590. The molecule has 0 radical (unpaired) electrons. The number of hydrogen-bond acceptors (Lipinski definition) is 6. The van der Waals surface area contributed by atoms with Crippen molar-refractivity contribution in [3.05, 3.63) is 82.0 Å². The third-order valence-corrected chi connectivity index (χ3v) is 8.60. The maximum Gasteiger partial charge on any atom is 0.308 e. The SMILES string of the molecule is CCn1c(=O)sc2cc(NC(=O)[C@@H]3CN(S(=O)(=O)c4ccccc4)c4ccc(C)cc4O3)ccc21. The molecule has 1 aliphatic rings. The molecule has 10 heteroatoms. The van der Waals surface area contributed by atoms with Crippen molar-refractivity contribution in [3.8, 4) is 5.75 Å². The highest BCUT2D eigenvalue weighted by Gasteiger charge is 2.37. The molecule has 1 N–H and O–H groups in total. The maximum absolute atomic E-state index is 13.5. The Morgan fingerprint density at radius 2 is 1.89 bits per heavy atom. The topological polar surface area (TPSA) is 97.7 Å². The van der Waals surface area contributed by atoms with Crippen LogP contribution in [0.25, 0.3) is 10.2 Å². The molecule has 180 valence electrons. The summed E-state index contributed by atoms with van der Waals surface area (Å²) in [5, 5.41) is 2.82. The zero-order chi connectivity index (χ0) is 24.7. The van der Waals surface area contributed by atoms with E-state index in [-0.39, 0.29) is 16.3 Å². The van der Waals surface area contributed by atoms with E-state index in [1.54, 1.807) is 59.2 Å². The summed E-state index contributed by atoms with van der Waals surface area (Å²) in [6.45, 7) is 4.15. The number of carbonyl (C=O) groups is 1. The first kappa shape index (κ1) is 23.1. The largest absolute Gasteiger partial charge is 0.476 e. The second-order valence-electron chi connectivity index (χ2n) is 8.21. The Balaban J connectivity index is 1.47. The van der Waals surface area contributed by atoms with Crippen LogP contribution in [0.5, 0.6) is 5.75 Å². The summed E-state index contributed by atoms with van der Waals surface area (Å²) in [5.74, 6) is -0.156. The van der Waals surface area contributed by atoms with Gasteiger partial charge in [-0.15, -0.1) is 0 Å². The van der Waals surface area contributed by atoms with Crippen molar-refractivity contribution in [1.29, 1.82) is 0 Å². The number of amides is 1. The summed E-state index contributed by atoms with van der Waals surface area (Å²) in [4.78, 5) is 25.4. The Kier molecular flexibility index (Phi) is 5.86. The number of hydrogen-bond donors (Lipinski definition) is 1. The minimum Gasteiger partial charge on any atom is -0.476 e. The number of sulfonamides is 1. The first-order valence-electron chi connectivity index (χ1n) is 11.1. The van der Waals surface area contributed by atoms with Crippen molar-refractivity contribution >= 4 is 48.9 Å². The number of anilines is 2. The van der Waals surface area contributed by atoms with E-state index in [2.05, 4.69) is 5.32 Å². The third-order valence-electron chi connectivity index (χ3n) is 5.86. The second kappa shape index (κ2) is 8.86. The fourth-order valence-electron chi connectivity index (χ4n) is 4.11. The number of benzene rings is 3. The normalized spacial score (nSPS) is 15.5. The molecule has 1 atom stereocenters. The zero-order valence-electron chi connectivity index (χ0n) is 19.1. The summed E-state index contributed by atoms with van der Waals surface area (Å²) in [6, 6.07) is 18.6. The number of rotatable bonds is 5. The van der Waals surface area contributed by atoms with Crippen LogP contribution in [0, 0.1) is 6.92 Å². The lowest BCUT2D eigenvalue weighted by Gasteiger charge is -2.35. The molecule has 0 spiro atoms. The number of carbonyl (C=O) groups excluding carboxylic acids is 1. The minimum absolute atomic E-state index is 0.0599. The van der Waals surface area contributed by atoms with Crippen LogP contribution in [0.2, 0.25) is 0 Å². The number of ether oxygens (including phenoxy) is 1. The Morgan fingerprint density at radius 3 is 2.63 bits per heavy atom. The lowest BCUT2D eigenvalue weighted by atomic mass is 10.1. The summed E-state index contributed by atoms with van der Waals surface area (Å²) in [7, 11) is -3.92. The van der Waals surface area contributed by atoms with E-state index in [1.807, 2.05) is 13.8 Å². The van der Waals surface area contributed by atoms with Crippen molar-refractivity contribution in [3.63, 3.8) is 0 Å². The molecule has 2 heterocycles. The number of thiazole rings is 1. The molecule has 3 aromatic carbocycles. The van der Waals surface area contributed by atoms with E-state index >= 15 is 0 Å². The average molecular weight is 510 g/mol. The molecule has 4 aromatic rings. The molecule has 1 amide bonds. The zero-order valence-corrected chi connectivity index (χ0v) is 20.7. The molecule has 0 fully saturated rings. The van der Waals surface area contributed by atoms with Crippen LogP contribution < -0.4 is 19.2 Å². The number of aromatic nitrogens is 1. The molecular formula is C25H23N3O5S2. The molecule has 5 rings (SSSR count). The molecule has 1 aliphatic heterocycles. The van der Waals surface area contributed by atoms with Gasteiger partial charge >= 0.3 is 4.87 Å².